The standard InChI is InChI=1S/C27H23O2P/c1-20(27(28)29)26-24(21-12-5-2-6-13-21)18-11-19-25(26)30(22-14-7-3-8-15-22)23-16-9-4-10-17-23/h2-20H,1H3,(H,28,29). The first-order valence-electron chi connectivity index (χ1n) is 9.98. The minimum atomic E-state index is -0.894. The third kappa shape index (κ3) is 4.06. The molecule has 0 aliphatic rings. The quantitative estimate of drug-likeness (QED) is 0.438. The highest BCUT2D eigenvalue weighted by molar-refractivity contribution is 7.80. The molecule has 0 heterocycles. The summed E-state index contributed by atoms with van der Waals surface area (Å²) in [6.07, 6.45) is 0. The molecule has 0 aliphatic carbocycles. The maximum atomic E-state index is 12.1. The van der Waals surface area contributed by atoms with Crippen molar-refractivity contribution in [2.75, 3.05) is 0 Å². The monoisotopic (exact) mass is 410 g/mol. The van der Waals surface area contributed by atoms with E-state index in [4.69, 9.17) is 0 Å². The number of hydrogen-bond acceptors (Lipinski definition) is 1. The largest absolute Gasteiger partial charge is 0.481 e. The molecule has 0 bridgehead atoms. The first-order chi connectivity index (χ1) is 14.7. The molecule has 4 rings (SSSR count). The molecule has 0 amide bonds. The maximum Gasteiger partial charge on any atom is 0.310 e. The molecule has 4 aromatic rings. The number of aliphatic carboxylic acids is 1. The lowest BCUT2D eigenvalue weighted by Crippen LogP contribution is -2.26. The van der Waals surface area contributed by atoms with E-state index < -0.39 is 19.8 Å². The molecule has 3 heteroatoms. The lowest BCUT2D eigenvalue weighted by molar-refractivity contribution is -0.138. The first-order valence-corrected chi connectivity index (χ1v) is 11.3. The van der Waals surface area contributed by atoms with Crippen LogP contribution in [0, 0.1) is 0 Å². The fourth-order valence-electron chi connectivity index (χ4n) is 3.78. The van der Waals surface area contributed by atoms with Gasteiger partial charge in [0.15, 0.2) is 0 Å². The summed E-state index contributed by atoms with van der Waals surface area (Å²) in [6, 6.07) is 37.1. The first kappa shape index (κ1) is 20.1. The molecular formula is C27H23O2P. The van der Waals surface area contributed by atoms with Crippen LogP contribution in [0.25, 0.3) is 11.1 Å². The summed E-state index contributed by atoms with van der Waals surface area (Å²) in [5.74, 6) is -1.43. The molecule has 0 fully saturated rings. The van der Waals surface area contributed by atoms with Crippen molar-refractivity contribution in [1.29, 1.82) is 0 Å². The van der Waals surface area contributed by atoms with E-state index in [-0.39, 0.29) is 0 Å². The van der Waals surface area contributed by atoms with Gasteiger partial charge in [0.25, 0.3) is 0 Å². The van der Waals surface area contributed by atoms with Crippen molar-refractivity contribution in [3.05, 3.63) is 115 Å². The fourth-order valence-corrected chi connectivity index (χ4v) is 6.36. The van der Waals surface area contributed by atoms with Gasteiger partial charge in [-0.1, -0.05) is 109 Å². The van der Waals surface area contributed by atoms with Crippen LogP contribution >= 0.6 is 7.92 Å². The van der Waals surface area contributed by atoms with Crippen molar-refractivity contribution >= 4 is 29.8 Å². The Balaban J connectivity index is 2.01. The average Bonchev–Trinajstić information content (AvgIpc) is 2.80. The summed E-state index contributed by atoms with van der Waals surface area (Å²) in [5, 5.41) is 13.5. The number of carboxylic acids is 1. The Kier molecular flexibility index (Phi) is 6.07. The van der Waals surface area contributed by atoms with E-state index in [0.717, 1.165) is 22.0 Å². The van der Waals surface area contributed by atoms with E-state index >= 15 is 0 Å². The van der Waals surface area contributed by atoms with Crippen LogP contribution in [0.15, 0.2) is 109 Å². The van der Waals surface area contributed by atoms with E-state index in [9.17, 15) is 9.90 Å². The molecule has 4 aromatic carbocycles. The van der Waals surface area contributed by atoms with Crippen molar-refractivity contribution in [3.8, 4) is 11.1 Å². The minimum Gasteiger partial charge on any atom is -0.481 e. The summed E-state index contributed by atoms with van der Waals surface area (Å²) in [4.78, 5) is 12.1. The highest BCUT2D eigenvalue weighted by Crippen LogP contribution is 2.39. The average molecular weight is 410 g/mol. The second-order valence-electron chi connectivity index (χ2n) is 7.17. The molecule has 0 radical (unpaired) electrons. The Morgan fingerprint density at radius 1 is 0.700 bits per heavy atom. The molecule has 0 aliphatic heterocycles. The van der Waals surface area contributed by atoms with Crippen LogP contribution in [0.1, 0.15) is 18.4 Å². The third-order valence-corrected chi connectivity index (χ3v) is 7.74. The molecule has 2 nitrogen and oxygen atoms in total. The predicted octanol–water partition coefficient (Wildman–Crippen LogP) is 5.30. The van der Waals surface area contributed by atoms with Crippen LogP contribution < -0.4 is 15.9 Å². The molecule has 1 atom stereocenters. The van der Waals surface area contributed by atoms with E-state index in [1.807, 2.05) is 48.5 Å². The summed E-state index contributed by atoms with van der Waals surface area (Å²) in [7, 11) is -0.894. The highest BCUT2D eigenvalue weighted by atomic mass is 31.1. The Bertz CT molecular complexity index is 1090. The molecule has 0 saturated heterocycles. The molecular weight excluding hydrogens is 387 g/mol. The van der Waals surface area contributed by atoms with Gasteiger partial charge in [0, 0.05) is 0 Å². The van der Waals surface area contributed by atoms with Gasteiger partial charge in [-0.25, -0.2) is 0 Å². The van der Waals surface area contributed by atoms with Crippen LogP contribution in [0.5, 0.6) is 0 Å². The topological polar surface area (TPSA) is 37.3 Å². The zero-order valence-corrected chi connectivity index (χ0v) is 17.7. The maximum absolute atomic E-state index is 12.1. The summed E-state index contributed by atoms with van der Waals surface area (Å²) < 4.78 is 0. The number of benzene rings is 4. The van der Waals surface area contributed by atoms with E-state index in [1.165, 1.54) is 10.6 Å². The van der Waals surface area contributed by atoms with Gasteiger partial charge < -0.3 is 5.11 Å². The lowest BCUT2D eigenvalue weighted by Gasteiger charge is -2.26. The van der Waals surface area contributed by atoms with Crippen LogP contribution in [-0.2, 0) is 4.79 Å². The summed E-state index contributed by atoms with van der Waals surface area (Å²) in [6.45, 7) is 1.79. The zero-order chi connectivity index (χ0) is 20.9. The SMILES string of the molecule is CC(C(=O)O)c1c(-c2ccccc2)cccc1P(c1ccccc1)c1ccccc1. The second-order valence-corrected chi connectivity index (χ2v) is 9.36. The van der Waals surface area contributed by atoms with Gasteiger partial charge in [-0.05, 0) is 47.4 Å². The van der Waals surface area contributed by atoms with Gasteiger partial charge in [-0.2, -0.15) is 0 Å². The van der Waals surface area contributed by atoms with Gasteiger partial charge in [-0.3, -0.25) is 4.79 Å². The second kappa shape index (κ2) is 9.07. The van der Waals surface area contributed by atoms with Gasteiger partial charge in [-0.15, -0.1) is 0 Å². The third-order valence-electron chi connectivity index (χ3n) is 5.24. The number of carbonyl (C=O) groups is 1. The minimum absolute atomic E-state index is 0.617. The Morgan fingerprint density at radius 2 is 1.20 bits per heavy atom. The van der Waals surface area contributed by atoms with Gasteiger partial charge in [0.05, 0.1) is 5.92 Å². The molecule has 0 spiro atoms. The van der Waals surface area contributed by atoms with Crippen LogP contribution in [0.2, 0.25) is 0 Å². The Hall–Kier alpha value is -3.22. The number of rotatable bonds is 6. The Labute approximate surface area is 178 Å². The Morgan fingerprint density at radius 3 is 1.70 bits per heavy atom. The normalized spacial score (nSPS) is 11.9. The van der Waals surface area contributed by atoms with Gasteiger partial charge >= 0.3 is 5.97 Å². The molecule has 0 saturated carbocycles. The molecule has 30 heavy (non-hydrogen) atoms. The van der Waals surface area contributed by atoms with Crippen molar-refractivity contribution in [3.63, 3.8) is 0 Å². The van der Waals surface area contributed by atoms with E-state index in [0.29, 0.717) is 0 Å². The molecule has 148 valence electrons. The molecule has 1 unspecified atom stereocenters. The predicted molar refractivity (Wildman–Crippen MR) is 127 cm³/mol. The van der Waals surface area contributed by atoms with Crippen molar-refractivity contribution in [1.82, 2.24) is 0 Å². The van der Waals surface area contributed by atoms with E-state index in [2.05, 4.69) is 60.7 Å². The van der Waals surface area contributed by atoms with Gasteiger partial charge in [0.1, 0.15) is 0 Å². The number of hydrogen-bond donors (Lipinski definition) is 1. The van der Waals surface area contributed by atoms with Crippen molar-refractivity contribution in [2.45, 2.75) is 12.8 Å². The van der Waals surface area contributed by atoms with E-state index in [1.54, 1.807) is 6.92 Å². The smallest absolute Gasteiger partial charge is 0.310 e. The summed E-state index contributed by atoms with van der Waals surface area (Å²) >= 11 is 0. The molecule has 1 N–H and O–H groups in total. The highest BCUT2D eigenvalue weighted by Gasteiger charge is 2.27. The number of carboxylic acid groups (broad SMARTS) is 1. The zero-order valence-electron chi connectivity index (χ0n) is 16.8. The van der Waals surface area contributed by atoms with Gasteiger partial charge in [0.2, 0.25) is 0 Å². The van der Waals surface area contributed by atoms with Crippen LogP contribution in [-0.4, -0.2) is 11.1 Å². The fraction of sp³-hybridized carbons (Fsp3) is 0.0741. The molecule has 0 aromatic heterocycles. The van der Waals surface area contributed by atoms with Crippen LogP contribution in [0.3, 0.4) is 0 Å². The van der Waals surface area contributed by atoms with Crippen LogP contribution in [0.4, 0.5) is 0 Å². The van der Waals surface area contributed by atoms with Crippen molar-refractivity contribution < 1.29 is 9.90 Å². The van der Waals surface area contributed by atoms with Crippen molar-refractivity contribution in [2.24, 2.45) is 0 Å². The lowest BCUT2D eigenvalue weighted by atomic mass is 9.91. The summed E-state index contributed by atoms with van der Waals surface area (Å²) in [5.41, 5.74) is 2.93.